The lowest BCUT2D eigenvalue weighted by Crippen LogP contribution is -2.43. The maximum Gasteiger partial charge on any atom is 0.266 e. The van der Waals surface area contributed by atoms with Crippen LogP contribution in [0.1, 0.15) is 0 Å². The van der Waals surface area contributed by atoms with Crippen molar-refractivity contribution in [1.29, 1.82) is 0 Å². The molecule has 0 aliphatic carbocycles. The molecule has 7 nitrogen and oxygen atoms in total. The fraction of sp³-hybridized carbons (Fsp3) is 1.00. The zero-order valence-electron chi connectivity index (χ0n) is 7.76. The predicted octanol–water partition coefficient (Wildman–Crippen LogP) is -2.33. The fourth-order valence-electron chi connectivity index (χ4n) is 0.844. The van der Waals surface area contributed by atoms with E-state index in [1.54, 1.807) is 0 Å². The Morgan fingerprint density at radius 2 is 1.64 bits per heavy atom. The summed E-state index contributed by atoms with van der Waals surface area (Å²) in [4.78, 5) is 0. The highest BCUT2D eigenvalue weighted by Crippen LogP contribution is 1.83. The lowest BCUT2D eigenvalue weighted by atomic mass is 10.6. The molecule has 0 aromatic rings. The van der Waals surface area contributed by atoms with Crippen LogP contribution in [0, 0.1) is 0 Å². The third-order valence-electron chi connectivity index (χ3n) is 1.44. The number of hydrazine groups is 1. The third-order valence-corrected chi connectivity index (χ3v) is 2.16. The summed E-state index contributed by atoms with van der Waals surface area (Å²) in [5.74, 6) is -0.402. The summed E-state index contributed by atoms with van der Waals surface area (Å²) in [6.07, 6.45) is 0. The average molecular weight is 228 g/mol. The Morgan fingerprint density at radius 3 is 2.00 bits per heavy atom. The van der Waals surface area contributed by atoms with Gasteiger partial charge < -0.3 is 10.2 Å². The first-order valence-corrected chi connectivity index (χ1v) is 5.76. The molecule has 0 aliphatic rings. The van der Waals surface area contributed by atoms with Gasteiger partial charge in [0.05, 0.1) is 19.0 Å². The molecule has 0 spiro atoms. The minimum atomic E-state index is -3.96. The van der Waals surface area contributed by atoms with Gasteiger partial charge in [-0.2, -0.15) is 8.42 Å². The van der Waals surface area contributed by atoms with Gasteiger partial charge in [-0.3, -0.25) is 9.98 Å². The number of rotatable bonds is 8. The van der Waals surface area contributed by atoms with Crippen LogP contribution in [0.15, 0.2) is 0 Å². The molecule has 14 heavy (non-hydrogen) atoms. The van der Waals surface area contributed by atoms with Gasteiger partial charge in [-0.05, 0) is 0 Å². The van der Waals surface area contributed by atoms with Gasteiger partial charge >= 0.3 is 0 Å². The van der Waals surface area contributed by atoms with Crippen molar-refractivity contribution in [2.45, 2.75) is 0 Å². The molecule has 0 aromatic heterocycles. The van der Waals surface area contributed by atoms with E-state index in [4.69, 9.17) is 14.8 Å². The van der Waals surface area contributed by atoms with Crippen LogP contribution in [-0.2, 0) is 10.1 Å². The molecule has 8 heteroatoms. The van der Waals surface area contributed by atoms with E-state index in [0.29, 0.717) is 0 Å². The van der Waals surface area contributed by atoms with Crippen molar-refractivity contribution in [2.75, 3.05) is 38.6 Å². The largest absolute Gasteiger partial charge is 0.395 e. The van der Waals surface area contributed by atoms with Crippen LogP contribution in [0.2, 0.25) is 0 Å². The van der Waals surface area contributed by atoms with Crippen molar-refractivity contribution in [2.24, 2.45) is 0 Å². The van der Waals surface area contributed by atoms with Crippen molar-refractivity contribution < 1.29 is 23.2 Å². The lowest BCUT2D eigenvalue weighted by molar-refractivity contribution is 0.118. The molecule has 0 aliphatic heterocycles. The number of nitrogens with one attached hydrogen (secondary N) is 1. The smallest absolute Gasteiger partial charge is 0.266 e. The zero-order valence-corrected chi connectivity index (χ0v) is 8.57. The van der Waals surface area contributed by atoms with Crippen LogP contribution < -0.4 is 5.43 Å². The Balaban J connectivity index is 3.70. The average Bonchev–Trinajstić information content (AvgIpc) is 2.02. The first-order chi connectivity index (χ1) is 6.49. The van der Waals surface area contributed by atoms with E-state index in [9.17, 15) is 8.42 Å². The zero-order chi connectivity index (χ0) is 11.0. The molecular weight excluding hydrogens is 212 g/mol. The van der Waals surface area contributed by atoms with Crippen LogP contribution in [0.25, 0.3) is 0 Å². The highest BCUT2D eigenvalue weighted by atomic mass is 32.2. The Bertz CT molecular complexity index is 224. The van der Waals surface area contributed by atoms with E-state index in [2.05, 4.69) is 5.43 Å². The first-order valence-electron chi connectivity index (χ1n) is 4.15. The van der Waals surface area contributed by atoms with E-state index >= 15 is 0 Å². The molecule has 4 N–H and O–H groups in total. The van der Waals surface area contributed by atoms with Gasteiger partial charge in [-0.15, -0.1) is 0 Å². The molecule has 0 saturated heterocycles. The summed E-state index contributed by atoms with van der Waals surface area (Å²) < 4.78 is 29.1. The van der Waals surface area contributed by atoms with Gasteiger partial charge in [-0.1, -0.05) is 0 Å². The van der Waals surface area contributed by atoms with E-state index in [0.717, 1.165) is 0 Å². The Kier molecular flexibility index (Phi) is 6.97. The quantitative estimate of drug-likeness (QED) is 0.272. The molecule has 0 atom stereocenters. The molecule has 0 fully saturated rings. The van der Waals surface area contributed by atoms with Crippen LogP contribution in [0.5, 0.6) is 0 Å². The Hall–Kier alpha value is -0.250. The molecule has 0 unspecified atom stereocenters. The van der Waals surface area contributed by atoms with E-state index < -0.39 is 15.9 Å². The number of nitrogens with zero attached hydrogens (tertiary/aromatic N) is 1. The van der Waals surface area contributed by atoms with E-state index in [1.807, 2.05) is 0 Å². The summed E-state index contributed by atoms with van der Waals surface area (Å²) in [6, 6.07) is 0. The molecule has 0 bridgehead atoms. The molecule has 0 aromatic carbocycles. The van der Waals surface area contributed by atoms with Crippen LogP contribution in [0.3, 0.4) is 0 Å². The Morgan fingerprint density at radius 1 is 1.14 bits per heavy atom. The van der Waals surface area contributed by atoms with Gasteiger partial charge in [0.1, 0.15) is 0 Å². The SMILES string of the molecule is O=S(=O)(O)CCNN(CCO)CCO. The number of aliphatic hydroxyl groups is 2. The third kappa shape index (κ3) is 8.35. The molecule has 86 valence electrons. The number of hydrogen-bond donors (Lipinski definition) is 4. The second-order valence-corrected chi connectivity index (χ2v) is 4.20. The monoisotopic (exact) mass is 228 g/mol. The van der Waals surface area contributed by atoms with Crippen LogP contribution in [-0.4, -0.2) is 66.8 Å². The van der Waals surface area contributed by atoms with Gasteiger partial charge in [0.15, 0.2) is 0 Å². The topological polar surface area (TPSA) is 110 Å². The van der Waals surface area contributed by atoms with Crippen LogP contribution in [0.4, 0.5) is 0 Å². The van der Waals surface area contributed by atoms with Crippen molar-refractivity contribution in [3.63, 3.8) is 0 Å². The summed E-state index contributed by atoms with van der Waals surface area (Å²) in [5.41, 5.74) is 2.65. The van der Waals surface area contributed by atoms with Crippen LogP contribution >= 0.6 is 0 Å². The van der Waals surface area contributed by atoms with Crippen molar-refractivity contribution >= 4 is 10.1 Å². The second-order valence-electron chi connectivity index (χ2n) is 2.63. The summed E-state index contributed by atoms with van der Waals surface area (Å²) in [6.45, 7) is 0.411. The summed E-state index contributed by atoms with van der Waals surface area (Å²) in [5, 5.41) is 18.7. The lowest BCUT2D eigenvalue weighted by Gasteiger charge is -2.20. The maximum atomic E-state index is 10.3. The molecule has 0 rings (SSSR count). The first kappa shape index (κ1) is 13.8. The minimum Gasteiger partial charge on any atom is -0.395 e. The fourth-order valence-corrected chi connectivity index (χ4v) is 1.19. The number of aliphatic hydroxyl groups excluding tert-OH is 2. The van der Waals surface area contributed by atoms with E-state index in [1.165, 1.54) is 5.01 Å². The van der Waals surface area contributed by atoms with Crippen molar-refractivity contribution in [1.82, 2.24) is 10.4 Å². The van der Waals surface area contributed by atoms with Crippen molar-refractivity contribution in [3.05, 3.63) is 0 Å². The molecule has 0 heterocycles. The molecule has 0 radical (unpaired) electrons. The molecule has 0 saturated carbocycles. The maximum absolute atomic E-state index is 10.3. The number of hydrogen-bond acceptors (Lipinski definition) is 6. The van der Waals surface area contributed by atoms with Gasteiger partial charge in [-0.25, -0.2) is 5.01 Å². The highest BCUT2D eigenvalue weighted by molar-refractivity contribution is 7.85. The summed E-state index contributed by atoms with van der Waals surface area (Å²) >= 11 is 0. The predicted molar refractivity (Wildman–Crippen MR) is 50.2 cm³/mol. The standard InChI is InChI=1S/C6H16N2O5S/c9-4-2-8(3-5-10)7-1-6-14(11,12)13/h7,9-10H,1-6H2,(H,11,12,13). The van der Waals surface area contributed by atoms with Gasteiger partial charge in [0.25, 0.3) is 10.1 Å². The summed E-state index contributed by atoms with van der Waals surface area (Å²) in [7, 11) is -3.96. The van der Waals surface area contributed by atoms with Gasteiger partial charge in [0, 0.05) is 19.6 Å². The molecular formula is C6H16N2O5S. The van der Waals surface area contributed by atoms with Gasteiger partial charge in [0.2, 0.25) is 0 Å². The van der Waals surface area contributed by atoms with Crippen molar-refractivity contribution in [3.8, 4) is 0 Å². The minimum absolute atomic E-state index is 0.0405. The highest BCUT2D eigenvalue weighted by Gasteiger charge is 2.06. The second kappa shape index (κ2) is 7.10. The normalized spacial score (nSPS) is 12.3. The van der Waals surface area contributed by atoms with E-state index in [-0.39, 0.29) is 32.8 Å². The Labute approximate surface area is 83.1 Å². The molecule has 0 amide bonds.